The number of hydrogen-bond donors (Lipinski definition) is 1. The molecule has 0 aliphatic rings. The van der Waals surface area contributed by atoms with E-state index in [1.54, 1.807) is 11.3 Å². The predicted octanol–water partition coefficient (Wildman–Crippen LogP) is 3.30. The Bertz CT molecular complexity index is 441. The molecule has 1 N–H and O–H groups in total. The molecule has 17 heavy (non-hydrogen) atoms. The van der Waals surface area contributed by atoms with Gasteiger partial charge in [-0.1, -0.05) is 28.1 Å². The molecule has 1 atom stereocenters. The largest absolute Gasteiger partial charge is 0.396 e. The van der Waals surface area contributed by atoms with Crippen molar-refractivity contribution < 1.29 is 5.11 Å². The summed E-state index contributed by atoms with van der Waals surface area (Å²) in [5.41, 5.74) is 1.25. The first-order valence-electron chi connectivity index (χ1n) is 5.51. The van der Waals surface area contributed by atoms with Crippen molar-refractivity contribution in [1.29, 1.82) is 0 Å². The highest BCUT2D eigenvalue weighted by Crippen LogP contribution is 2.17. The molecular formula is C13H14BrNOS. The number of rotatable bonds is 5. The van der Waals surface area contributed by atoms with Crippen LogP contribution in [-0.2, 0) is 12.8 Å². The van der Waals surface area contributed by atoms with Gasteiger partial charge in [-0.2, -0.15) is 0 Å². The predicted molar refractivity (Wildman–Crippen MR) is 74.2 cm³/mol. The minimum Gasteiger partial charge on any atom is -0.396 e. The molecule has 2 rings (SSSR count). The van der Waals surface area contributed by atoms with Crippen LogP contribution >= 0.6 is 27.3 Å². The van der Waals surface area contributed by atoms with Gasteiger partial charge in [0.05, 0.1) is 5.01 Å². The van der Waals surface area contributed by atoms with E-state index in [9.17, 15) is 5.11 Å². The summed E-state index contributed by atoms with van der Waals surface area (Å²) in [6.07, 6.45) is 3.56. The first kappa shape index (κ1) is 12.7. The van der Waals surface area contributed by atoms with E-state index in [0.717, 1.165) is 22.3 Å². The Kier molecular flexibility index (Phi) is 4.71. The third-order valence-corrected chi connectivity index (χ3v) is 3.97. The fraction of sp³-hybridized carbons (Fsp3) is 0.308. The van der Waals surface area contributed by atoms with Crippen molar-refractivity contribution in [1.82, 2.24) is 4.98 Å². The molecule has 0 radical (unpaired) electrons. The maximum atomic E-state index is 9.41. The number of aromatic nitrogens is 1. The van der Waals surface area contributed by atoms with E-state index in [4.69, 9.17) is 0 Å². The molecule has 2 nitrogen and oxygen atoms in total. The number of aliphatic hydroxyl groups excluding tert-OH is 1. The second-order valence-electron chi connectivity index (χ2n) is 4.01. The molecule has 0 aliphatic heterocycles. The molecule has 2 aromatic rings. The number of halogens is 1. The molecule has 1 heterocycles. The molecule has 0 amide bonds. The van der Waals surface area contributed by atoms with E-state index in [0.29, 0.717) is 0 Å². The second-order valence-corrected chi connectivity index (χ2v) is 5.90. The summed E-state index contributed by atoms with van der Waals surface area (Å²) in [5.74, 6) is 0.252. The van der Waals surface area contributed by atoms with E-state index >= 15 is 0 Å². The monoisotopic (exact) mass is 311 g/mol. The summed E-state index contributed by atoms with van der Waals surface area (Å²) < 4.78 is 1.08. The maximum Gasteiger partial charge on any atom is 0.0928 e. The average Bonchev–Trinajstić information content (AvgIpc) is 2.84. The lowest BCUT2D eigenvalue weighted by Gasteiger charge is -2.12. The van der Waals surface area contributed by atoms with Gasteiger partial charge in [-0.3, -0.25) is 0 Å². The van der Waals surface area contributed by atoms with Crippen molar-refractivity contribution in [3.63, 3.8) is 0 Å². The number of hydrogen-bond acceptors (Lipinski definition) is 3. The number of aliphatic hydroxyl groups is 1. The van der Waals surface area contributed by atoms with E-state index in [2.05, 4.69) is 33.0 Å². The van der Waals surface area contributed by atoms with Gasteiger partial charge in [0, 0.05) is 29.1 Å². The highest BCUT2D eigenvalue weighted by molar-refractivity contribution is 9.10. The van der Waals surface area contributed by atoms with Crippen LogP contribution in [-0.4, -0.2) is 16.7 Å². The molecule has 90 valence electrons. The lowest BCUT2D eigenvalue weighted by atomic mass is 9.97. The van der Waals surface area contributed by atoms with Crippen LogP contribution in [0.2, 0.25) is 0 Å². The molecule has 0 spiro atoms. The molecule has 4 heteroatoms. The van der Waals surface area contributed by atoms with E-state index in [1.165, 1.54) is 5.56 Å². The number of benzene rings is 1. The smallest absolute Gasteiger partial charge is 0.0928 e. The van der Waals surface area contributed by atoms with Crippen LogP contribution in [0, 0.1) is 5.92 Å². The van der Waals surface area contributed by atoms with Gasteiger partial charge >= 0.3 is 0 Å². The summed E-state index contributed by atoms with van der Waals surface area (Å²) in [4.78, 5) is 4.26. The van der Waals surface area contributed by atoms with Crippen molar-refractivity contribution in [3.8, 4) is 0 Å². The maximum absolute atomic E-state index is 9.41. The normalized spacial score (nSPS) is 12.6. The summed E-state index contributed by atoms with van der Waals surface area (Å²) in [7, 11) is 0. The lowest BCUT2D eigenvalue weighted by molar-refractivity contribution is 0.225. The summed E-state index contributed by atoms with van der Waals surface area (Å²) in [5, 5.41) is 12.5. The Balaban J connectivity index is 1.97. The third kappa shape index (κ3) is 3.91. The van der Waals surface area contributed by atoms with Crippen LogP contribution in [0.1, 0.15) is 10.6 Å². The van der Waals surface area contributed by atoms with Crippen molar-refractivity contribution in [2.75, 3.05) is 6.61 Å². The zero-order chi connectivity index (χ0) is 12.1. The molecule has 0 saturated carbocycles. The van der Waals surface area contributed by atoms with Gasteiger partial charge in [-0.25, -0.2) is 4.98 Å². The highest BCUT2D eigenvalue weighted by atomic mass is 79.9. The van der Waals surface area contributed by atoms with E-state index < -0.39 is 0 Å². The summed E-state index contributed by atoms with van der Waals surface area (Å²) in [6.45, 7) is 0.204. The quantitative estimate of drug-likeness (QED) is 0.919. The average molecular weight is 312 g/mol. The number of nitrogens with zero attached hydrogens (tertiary/aromatic N) is 1. The molecule has 0 saturated heterocycles. The van der Waals surface area contributed by atoms with E-state index in [-0.39, 0.29) is 12.5 Å². The van der Waals surface area contributed by atoms with Gasteiger partial charge in [-0.15, -0.1) is 11.3 Å². The molecule has 0 fully saturated rings. The van der Waals surface area contributed by atoms with E-state index in [1.807, 2.05) is 23.7 Å². The lowest BCUT2D eigenvalue weighted by Crippen LogP contribution is -2.12. The van der Waals surface area contributed by atoms with Crippen LogP contribution in [0.3, 0.4) is 0 Å². The van der Waals surface area contributed by atoms with Gasteiger partial charge < -0.3 is 5.11 Å². The Morgan fingerprint density at radius 3 is 2.59 bits per heavy atom. The minimum absolute atomic E-state index is 0.204. The van der Waals surface area contributed by atoms with Crippen LogP contribution in [0.25, 0.3) is 0 Å². The fourth-order valence-electron chi connectivity index (χ4n) is 1.76. The second kappa shape index (κ2) is 6.28. The highest BCUT2D eigenvalue weighted by Gasteiger charge is 2.11. The third-order valence-electron chi connectivity index (χ3n) is 2.64. The SMILES string of the molecule is OCC(Cc1ccc(Br)cc1)Cc1nccs1. The molecular weight excluding hydrogens is 298 g/mol. The minimum atomic E-state index is 0.204. The van der Waals surface area contributed by atoms with Crippen molar-refractivity contribution in [2.45, 2.75) is 12.8 Å². The van der Waals surface area contributed by atoms with Gasteiger partial charge in [0.15, 0.2) is 0 Å². The van der Waals surface area contributed by atoms with Crippen LogP contribution in [0.5, 0.6) is 0 Å². The van der Waals surface area contributed by atoms with Crippen molar-refractivity contribution in [2.24, 2.45) is 5.92 Å². The standard InChI is InChI=1S/C13H14BrNOS/c14-12-3-1-10(2-4-12)7-11(9-16)8-13-15-5-6-17-13/h1-6,11,16H,7-9H2. The van der Waals surface area contributed by atoms with Gasteiger partial charge in [0.25, 0.3) is 0 Å². The van der Waals surface area contributed by atoms with Gasteiger partial charge in [0.2, 0.25) is 0 Å². The summed E-state index contributed by atoms with van der Waals surface area (Å²) in [6, 6.07) is 8.25. The zero-order valence-electron chi connectivity index (χ0n) is 9.34. The Labute approximate surface area is 113 Å². The molecule has 0 aliphatic carbocycles. The molecule has 1 aromatic carbocycles. The molecule has 1 aromatic heterocycles. The molecule has 0 bridgehead atoms. The molecule has 1 unspecified atom stereocenters. The number of thiazole rings is 1. The van der Waals surface area contributed by atoms with Gasteiger partial charge in [-0.05, 0) is 30.0 Å². The zero-order valence-corrected chi connectivity index (χ0v) is 11.7. The fourth-order valence-corrected chi connectivity index (χ4v) is 2.75. The van der Waals surface area contributed by atoms with Crippen molar-refractivity contribution >= 4 is 27.3 Å². The topological polar surface area (TPSA) is 33.1 Å². The first-order valence-corrected chi connectivity index (χ1v) is 7.19. The van der Waals surface area contributed by atoms with Crippen LogP contribution in [0.15, 0.2) is 40.3 Å². The van der Waals surface area contributed by atoms with Crippen molar-refractivity contribution in [3.05, 3.63) is 50.9 Å². The Morgan fingerprint density at radius 2 is 2.00 bits per heavy atom. The van der Waals surface area contributed by atoms with Crippen LogP contribution < -0.4 is 0 Å². The Hall–Kier alpha value is -0.710. The Morgan fingerprint density at radius 1 is 1.24 bits per heavy atom. The van der Waals surface area contributed by atoms with Crippen LogP contribution in [0.4, 0.5) is 0 Å². The first-order chi connectivity index (χ1) is 8.28. The van der Waals surface area contributed by atoms with Gasteiger partial charge in [0.1, 0.15) is 0 Å². The summed E-state index contributed by atoms with van der Waals surface area (Å²) >= 11 is 5.07.